The maximum absolute atomic E-state index is 15.1. The van der Waals surface area contributed by atoms with Crippen molar-refractivity contribution in [1.82, 2.24) is 15.6 Å². The van der Waals surface area contributed by atoms with Crippen LogP contribution in [0.4, 0.5) is 10.1 Å². The number of nitrogens with zero attached hydrogens (tertiary/aromatic N) is 1. The summed E-state index contributed by atoms with van der Waals surface area (Å²) in [6, 6.07) is 12.1. The monoisotopic (exact) mass is 473 g/mol. The molecule has 1 amide bonds. The number of rotatable bonds is 7. The summed E-state index contributed by atoms with van der Waals surface area (Å²) < 4.78 is 21.1. The molecular formula is C27H28FN5O2. The molecule has 2 aliphatic rings. The van der Waals surface area contributed by atoms with Crippen LogP contribution in [0.5, 0.6) is 11.5 Å². The van der Waals surface area contributed by atoms with Crippen LogP contribution in [0.15, 0.2) is 48.7 Å². The van der Waals surface area contributed by atoms with Crippen molar-refractivity contribution in [3.63, 3.8) is 0 Å². The van der Waals surface area contributed by atoms with E-state index in [0.717, 1.165) is 37.2 Å². The third-order valence-corrected chi connectivity index (χ3v) is 6.92. The lowest BCUT2D eigenvalue weighted by Gasteiger charge is -2.54. The standard InChI is InChI=1S/C27H28FN5O2/c1-16-7-18(8-22(28)25(16)26(34)33-19-11-27(12-19)14-31-15-27)24-10-21(5-6-32-24)35-20-4-3-17(13-29)23(9-20)30-2/h3-10,13,19,29-31H,11-12,14-15H2,1-2H3,(H,33,34). The van der Waals surface area contributed by atoms with Crippen molar-refractivity contribution < 1.29 is 13.9 Å². The Bertz CT molecular complexity index is 1270. The second-order valence-corrected chi connectivity index (χ2v) is 9.45. The number of nitrogens with one attached hydrogen (secondary N) is 4. The van der Waals surface area contributed by atoms with Gasteiger partial charge < -0.3 is 26.1 Å². The molecule has 4 N–H and O–H groups in total. The number of hydrogen-bond acceptors (Lipinski definition) is 6. The number of hydrogen-bond donors (Lipinski definition) is 4. The highest BCUT2D eigenvalue weighted by atomic mass is 19.1. The van der Waals surface area contributed by atoms with E-state index < -0.39 is 5.82 Å². The highest BCUT2D eigenvalue weighted by Gasteiger charge is 2.48. The topological polar surface area (TPSA) is 99.1 Å². The SMILES string of the molecule is CNc1cc(Oc2ccnc(-c3cc(C)c(C(=O)NC4CC5(CNC5)C4)c(F)c3)c2)ccc1C=N. The second kappa shape index (κ2) is 9.11. The summed E-state index contributed by atoms with van der Waals surface area (Å²) >= 11 is 0. The molecule has 1 aliphatic heterocycles. The second-order valence-electron chi connectivity index (χ2n) is 9.45. The summed E-state index contributed by atoms with van der Waals surface area (Å²) in [4.78, 5) is 17.2. The summed E-state index contributed by atoms with van der Waals surface area (Å²) in [5, 5.41) is 16.8. The van der Waals surface area contributed by atoms with E-state index in [4.69, 9.17) is 10.1 Å². The number of pyridine rings is 1. The van der Waals surface area contributed by atoms with E-state index >= 15 is 4.39 Å². The van der Waals surface area contributed by atoms with Crippen LogP contribution in [-0.4, -0.2) is 43.3 Å². The molecule has 1 aliphatic carbocycles. The maximum Gasteiger partial charge on any atom is 0.254 e. The van der Waals surface area contributed by atoms with Gasteiger partial charge >= 0.3 is 0 Å². The number of halogens is 1. The van der Waals surface area contributed by atoms with E-state index in [1.54, 1.807) is 50.5 Å². The van der Waals surface area contributed by atoms with Crippen LogP contribution in [0.25, 0.3) is 11.3 Å². The Hall–Kier alpha value is -3.78. The van der Waals surface area contributed by atoms with Crippen molar-refractivity contribution in [3.05, 3.63) is 71.2 Å². The summed E-state index contributed by atoms with van der Waals surface area (Å²) in [5.41, 5.74) is 3.62. The predicted octanol–water partition coefficient (Wildman–Crippen LogP) is 4.51. The molecule has 1 spiro atoms. The molecule has 2 aromatic carbocycles. The van der Waals surface area contributed by atoms with Gasteiger partial charge in [-0.1, -0.05) is 0 Å². The van der Waals surface area contributed by atoms with Crippen molar-refractivity contribution >= 4 is 17.8 Å². The molecule has 2 fully saturated rings. The molecule has 8 heteroatoms. The minimum atomic E-state index is -0.564. The first-order valence-corrected chi connectivity index (χ1v) is 11.7. The van der Waals surface area contributed by atoms with Gasteiger partial charge in [0.15, 0.2) is 0 Å². The third-order valence-electron chi connectivity index (χ3n) is 6.92. The summed E-state index contributed by atoms with van der Waals surface area (Å²) in [6.45, 7) is 3.75. The van der Waals surface area contributed by atoms with Gasteiger partial charge in [-0.25, -0.2) is 4.39 Å². The molecule has 3 aromatic rings. The lowest BCUT2D eigenvalue weighted by Crippen LogP contribution is -2.65. The fourth-order valence-corrected chi connectivity index (χ4v) is 5.00. The van der Waals surface area contributed by atoms with Crippen molar-refractivity contribution in [2.75, 3.05) is 25.5 Å². The molecule has 7 nitrogen and oxygen atoms in total. The summed E-state index contributed by atoms with van der Waals surface area (Å²) in [5.74, 6) is 0.217. The normalized spacial score (nSPS) is 16.2. The molecular weight excluding hydrogens is 445 g/mol. The van der Waals surface area contributed by atoms with Crippen molar-refractivity contribution in [1.29, 1.82) is 5.41 Å². The zero-order chi connectivity index (χ0) is 24.6. The smallest absolute Gasteiger partial charge is 0.254 e. The van der Waals surface area contributed by atoms with Crippen LogP contribution < -0.4 is 20.7 Å². The lowest BCUT2D eigenvalue weighted by atomic mass is 9.61. The van der Waals surface area contributed by atoms with Gasteiger partial charge in [-0.2, -0.15) is 0 Å². The predicted molar refractivity (Wildman–Crippen MR) is 134 cm³/mol. The number of benzene rings is 2. The van der Waals surface area contributed by atoms with Gasteiger partial charge in [0.2, 0.25) is 0 Å². The molecule has 35 heavy (non-hydrogen) atoms. The average Bonchev–Trinajstić information content (AvgIpc) is 2.79. The van der Waals surface area contributed by atoms with Gasteiger partial charge in [-0.15, -0.1) is 0 Å². The number of carbonyl (C=O) groups is 1. The van der Waals surface area contributed by atoms with E-state index in [1.807, 2.05) is 6.07 Å². The first-order valence-electron chi connectivity index (χ1n) is 11.7. The van der Waals surface area contributed by atoms with Crippen molar-refractivity contribution in [2.24, 2.45) is 5.41 Å². The Morgan fingerprint density at radius 3 is 2.63 bits per heavy atom. The van der Waals surface area contributed by atoms with Gasteiger partial charge in [0.05, 0.1) is 11.3 Å². The zero-order valence-electron chi connectivity index (χ0n) is 19.7. The molecule has 180 valence electrons. The average molecular weight is 474 g/mol. The number of anilines is 1. The largest absolute Gasteiger partial charge is 0.457 e. The maximum atomic E-state index is 15.1. The highest BCUT2D eigenvalue weighted by molar-refractivity contribution is 5.96. The minimum absolute atomic E-state index is 0.0831. The summed E-state index contributed by atoms with van der Waals surface area (Å²) in [7, 11) is 1.78. The van der Waals surface area contributed by atoms with E-state index in [9.17, 15) is 4.79 Å². The van der Waals surface area contributed by atoms with E-state index in [1.165, 1.54) is 12.3 Å². The van der Waals surface area contributed by atoms with Gasteiger partial charge in [-0.3, -0.25) is 9.78 Å². The van der Waals surface area contributed by atoms with Gasteiger partial charge in [0.25, 0.3) is 5.91 Å². The third kappa shape index (κ3) is 4.49. The number of carbonyl (C=O) groups excluding carboxylic acids is 1. The van der Waals surface area contributed by atoms with Gasteiger partial charge in [-0.05, 0) is 61.1 Å². The lowest BCUT2D eigenvalue weighted by molar-refractivity contribution is 0.0231. The Kier molecular flexibility index (Phi) is 5.98. The molecule has 1 saturated carbocycles. The number of aryl methyl sites for hydroxylation is 1. The highest BCUT2D eigenvalue weighted by Crippen LogP contribution is 2.44. The molecule has 2 heterocycles. The number of aromatic nitrogens is 1. The van der Waals surface area contributed by atoms with Crippen molar-refractivity contribution in [2.45, 2.75) is 25.8 Å². The Labute approximate surface area is 203 Å². The van der Waals surface area contributed by atoms with E-state index in [0.29, 0.717) is 33.7 Å². The summed E-state index contributed by atoms with van der Waals surface area (Å²) in [6.07, 6.45) is 4.77. The number of ether oxygens (including phenoxy) is 1. The van der Waals surface area contributed by atoms with Crippen LogP contribution in [0.1, 0.15) is 34.3 Å². The van der Waals surface area contributed by atoms with E-state index in [-0.39, 0.29) is 17.5 Å². The quantitative estimate of drug-likeness (QED) is 0.379. The Morgan fingerprint density at radius 1 is 1.20 bits per heavy atom. The van der Waals surface area contributed by atoms with Gasteiger partial charge in [0.1, 0.15) is 17.3 Å². The molecule has 0 radical (unpaired) electrons. The fraction of sp³-hybridized carbons (Fsp3) is 0.296. The molecule has 0 atom stereocenters. The molecule has 1 aromatic heterocycles. The number of amides is 1. The van der Waals surface area contributed by atoms with Crippen molar-refractivity contribution in [3.8, 4) is 22.8 Å². The fourth-order valence-electron chi connectivity index (χ4n) is 5.00. The van der Waals surface area contributed by atoms with E-state index in [2.05, 4.69) is 20.9 Å². The van der Waals surface area contributed by atoms with Gasteiger partial charge in [0, 0.05) is 67.5 Å². The molecule has 0 bridgehead atoms. The molecule has 1 saturated heterocycles. The first kappa shape index (κ1) is 23.0. The Morgan fingerprint density at radius 2 is 1.97 bits per heavy atom. The minimum Gasteiger partial charge on any atom is -0.457 e. The Balaban J connectivity index is 1.32. The first-order chi connectivity index (χ1) is 16.9. The van der Waals surface area contributed by atoms with Crippen LogP contribution in [0, 0.1) is 23.6 Å². The van der Waals surface area contributed by atoms with Crippen LogP contribution in [-0.2, 0) is 0 Å². The molecule has 0 unspecified atom stereocenters. The van der Waals surface area contributed by atoms with Crippen LogP contribution in [0.3, 0.4) is 0 Å². The van der Waals surface area contributed by atoms with Crippen LogP contribution in [0.2, 0.25) is 0 Å². The molecule has 5 rings (SSSR count). The zero-order valence-corrected chi connectivity index (χ0v) is 19.7. The van der Waals surface area contributed by atoms with Crippen LogP contribution >= 0.6 is 0 Å².